The molecule has 2 N–H and O–H groups in total. The summed E-state index contributed by atoms with van der Waals surface area (Å²) in [5.74, 6) is -1.75. The number of aliphatic carboxylic acids is 1. The van der Waals surface area contributed by atoms with E-state index in [1.807, 2.05) is 30.3 Å². The molecule has 0 saturated carbocycles. The first-order valence-electron chi connectivity index (χ1n) is 6.47. The molecular formula is C15H14BrNO5. The molecule has 1 atom stereocenters. The van der Waals surface area contributed by atoms with Crippen molar-refractivity contribution in [1.82, 2.24) is 5.32 Å². The highest BCUT2D eigenvalue weighted by Crippen LogP contribution is 2.14. The molecule has 116 valence electrons. The van der Waals surface area contributed by atoms with Crippen molar-refractivity contribution in [3.63, 3.8) is 0 Å². The van der Waals surface area contributed by atoms with Crippen molar-refractivity contribution in [3.8, 4) is 0 Å². The fourth-order valence-corrected chi connectivity index (χ4v) is 2.02. The van der Waals surface area contributed by atoms with Crippen LogP contribution in [0.1, 0.15) is 16.1 Å². The Labute approximate surface area is 135 Å². The van der Waals surface area contributed by atoms with Crippen LogP contribution in [0.4, 0.5) is 0 Å². The summed E-state index contributed by atoms with van der Waals surface area (Å²) in [5.41, 5.74) is 0.924. The Hall–Kier alpha value is -2.12. The summed E-state index contributed by atoms with van der Waals surface area (Å²) in [5, 5.41) is 11.5. The second kappa shape index (κ2) is 7.77. The zero-order valence-corrected chi connectivity index (χ0v) is 13.1. The molecule has 0 radical (unpaired) electrons. The van der Waals surface area contributed by atoms with Crippen LogP contribution in [0.15, 0.2) is 51.6 Å². The van der Waals surface area contributed by atoms with Crippen LogP contribution in [0.2, 0.25) is 0 Å². The molecule has 2 aromatic rings. The highest BCUT2D eigenvalue weighted by molar-refractivity contribution is 9.10. The van der Waals surface area contributed by atoms with Gasteiger partial charge in [0.1, 0.15) is 0 Å². The molecule has 0 spiro atoms. The van der Waals surface area contributed by atoms with Gasteiger partial charge in [-0.1, -0.05) is 30.3 Å². The maximum Gasteiger partial charge on any atom is 0.328 e. The molecule has 0 aliphatic rings. The monoisotopic (exact) mass is 367 g/mol. The van der Waals surface area contributed by atoms with Crippen LogP contribution in [0.5, 0.6) is 0 Å². The number of carbonyl (C=O) groups excluding carboxylic acids is 1. The summed E-state index contributed by atoms with van der Waals surface area (Å²) < 4.78 is 10.8. The van der Waals surface area contributed by atoms with Gasteiger partial charge < -0.3 is 19.6 Å². The van der Waals surface area contributed by atoms with E-state index in [1.165, 1.54) is 6.07 Å². The van der Waals surface area contributed by atoms with Crippen LogP contribution >= 0.6 is 15.9 Å². The van der Waals surface area contributed by atoms with E-state index in [2.05, 4.69) is 21.2 Å². The quantitative estimate of drug-likeness (QED) is 0.784. The van der Waals surface area contributed by atoms with Crippen LogP contribution in [-0.2, 0) is 16.1 Å². The molecule has 0 aliphatic heterocycles. The Bertz CT molecular complexity index is 640. The first-order chi connectivity index (χ1) is 10.6. The van der Waals surface area contributed by atoms with E-state index in [0.717, 1.165) is 5.56 Å². The van der Waals surface area contributed by atoms with E-state index in [9.17, 15) is 9.59 Å². The third-order valence-electron chi connectivity index (χ3n) is 2.80. The summed E-state index contributed by atoms with van der Waals surface area (Å²) in [6.07, 6.45) is 0. The molecule has 22 heavy (non-hydrogen) atoms. The Morgan fingerprint density at radius 1 is 1.23 bits per heavy atom. The number of benzene rings is 1. The topological polar surface area (TPSA) is 88.8 Å². The molecule has 6 nitrogen and oxygen atoms in total. The molecular weight excluding hydrogens is 354 g/mol. The van der Waals surface area contributed by atoms with Gasteiger partial charge in [0.2, 0.25) is 0 Å². The molecule has 0 fully saturated rings. The molecule has 0 unspecified atom stereocenters. The number of hydrogen-bond donors (Lipinski definition) is 2. The van der Waals surface area contributed by atoms with Crippen LogP contribution in [0.25, 0.3) is 0 Å². The summed E-state index contributed by atoms with van der Waals surface area (Å²) in [6, 6.07) is 11.2. The highest BCUT2D eigenvalue weighted by Gasteiger charge is 2.22. The minimum Gasteiger partial charge on any atom is -0.480 e. The highest BCUT2D eigenvalue weighted by atomic mass is 79.9. The predicted molar refractivity (Wildman–Crippen MR) is 81.4 cm³/mol. The number of amides is 1. The lowest BCUT2D eigenvalue weighted by molar-refractivity contribution is -0.141. The smallest absolute Gasteiger partial charge is 0.328 e. The van der Waals surface area contributed by atoms with Crippen molar-refractivity contribution in [3.05, 3.63) is 58.5 Å². The van der Waals surface area contributed by atoms with Gasteiger partial charge in [0, 0.05) is 0 Å². The fraction of sp³-hybridized carbons (Fsp3) is 0.200. The Balaban J connectivity index is 1.87. The van der Waals surface area contributed by atoms with Gasteiger partial charge in [0.05, 0.1) is 13.2 Å². The third kappa shape index (κ3) is 4.71. The van der Waals surface area contributed by atoms with E-state index in [4.69, 9.17) is 14.3 Å². The van der Waals surface area contributed by atoms with Crippen molar-refractivity contribution in [2.45, 2.75) is 12.6 Å². The van der Waals surface area contributed by atoms with Crippen molar-refractivity contribution >= 4 is 27.8 Å². The lowest BCUT2D eigenvalue weighted by atomic mass is 10.2. The zero-order chi connectivity index (χ0) is 15.9. The summed E-state index contributed by atoms with van der Waals surface area (Å²) >= 11 is 3.08. The van der Waals surface area contributed by atoms with E-state index in [-0.39, 0.29) is 19.0 Å². The van der Waals surface area contributed by atoms with Gasteiger partial charge in [-0.15, -0.1) is 0 Å². The number of ether oxygens (including phenoxy) is 1. The molecule has 1 aromatic heterocycles. The summed E-state index contributed by atoms with van der Waals surface area (Å²) in [6.45, 7) is 0.130. The van der Waals surface area contributed by atoms with Gasteiger partial charge in [-0.3, -0.25) is 4.79 Å². The molecule has 1 amide bonds. The first kappa shape index (κ1) is 16.3. The summed E-state index contributed by atoms with van der Waals surface area (Å²) in [7, 11) is 0. The second-order valence-corrected chi connectivity index (χ2v) is 5.25. The maximum atomic E-state index is 11.9. The van der Waals surface area contributed by atoms with Gasteiger partial charge >= 0.3 is 5.97 Å². The maximum absolute atomic E-state index is 11.9. The van der Waals surface area contributed by atoms with Gasteiger partial charge in [-0.25, -0.2) is 4.79 Å². The van der Waals surface area contributed by atoms with Crippen molar-refractivity contribution in [2.75, 3.05) is 6.61 Å². The Kier molecular flexibility index (Phi) is 5.74. The van der Waals surface area contributed by atoms with E-state index < -0.39 is 17.9 Å². The zero-order valence-electron chi connectivity index (χ0n) is 11.5. The number of carboxylic acid groups (broad SMARTS) is 1. The van der Waals surface area contributed by atoms with Crippen molar-refractivity contribution in [1.29, 1.82) is 0 Å². The van der Waals surface area contributed by atoms with Gasteiger partial charge in [0.25, 0.3) is 5.91 Å². The van der Waals surface area contributed by atoms with E-state index >= 15 is 0 Å². The normalized spacial score (nSPS) is 11.9. The minimum absolute atomic E-state index is 0.0289. The second-order valence-electron chi connectivity index (χ2n) is 4.47. The molecule has 1 aromatic carbocycles. The van der Waals surface area contributed by atoms with Gasteiger partial charge in [-0.2, -0.15) is 0 Å². The number of carbonyl (C=O) groups is 2. The van der Waals surface area contributed by atoms with Crippen LogP contribution < -0.4 is 5.32 Å². The standard InChI is InChI=1S/C15H14BrNO5/c16-13-7-6-12(22-13)14(18)17-11(15(19)20)9-21-8-10-4-2-1-3-5-10/h1-7,11H,8-9H2,(H,17,18)(H,19,20)/t11-/m0/s1. The molecule has 0 bridgehead atoms. The van der Waals surface area contributed by atoms with Crippen LogP contribution in [0.3, 0.4) is 0 Å². The number of carboxylic acids is 1. The molecule has 0 aliphatic carbocycles. The van der Waals surface area contributed by atoms with E-state index in [1.54, 1.807) is 6.07 Å². The lowest BCUT2D eigenvalue weighted by Gasteiger charge is -2.14. The third-order valence-corrected chi connectivity index (χ3v) is 3.22. The number of furan rings is 1. The fourth-order valence-electron chi connectivity index (χ4n) is 1.71. The van der Waals surface area contributed by atoms with Crippen LogP contribution in [0, 0.1) is 0 Å². The number of halogens is 1. The Morgan fingerprint density at radius 2 is 1.95 bits per heavy atom. The first-order valence-corrected chi connectivity index (χ1v) is 7.26. The van der Waals surface area contributed by atoms with Crippen LogP contribution in [-0.4, -0.2) is 29.6 Å². The van der Waals surface area contributed by atoms with Gasteiger partial charge in [-0.05, 0) is 33.6 Å². The van der Waals surface area contributed by atoms with Gasteiger partial charge in [0.15, 0.2) is 16.5 Å². The van der Waals surface area contributed by atoms with Crippen molar-refractivity contribution in [2.24, 2.45) is 0 Å². The molecule has 1 heterocycles. The predicted octanol–water partition coefficient (Wildman–Crippen LogP) is 2.44. The molecule has 2 rings (SSSR count). The lowest BCUT2D eigenvalue weighted by Crippen LogP contribution is -2.43. The largest absolute Gasteiger partial charge is 0.480 e. The summed E-state index contributed by atoms with van der Waals surface area (Å²) in [4.78, 5) is 23.0. The van der Waals surface area contributed by atoms with E-state index in [0.29, 0.717) is 4.67 Å². The average molecular weight is 368 g/mol. The number of nitrogens with one attached hydrogen (secondary N) is 1. The number of hydrogen-bond acceptors (Lipinski definition) is 4. The molecule has 0 saturated heterocycles. The minimum atomic E-state index is -1.17. The van der Waals surface area contributed by atoms with Crippen molar-refractivity contribution < 1.29 is 23.8 Å². The average Bonchev–Trinajstić information content (AvgIpc) is 2.93. The SMILES string of the molecule is O=C(N[C@@H](COCc1ccccc1)C(=O)O)c1ccc(Br)o1. The molecule has 7 heteroatoms. The Morgan fingerprint density at radius 3 is 2.55 bits per heavy atom. The number of rotatable bonds is 7.